The summed E-state index contributed by atoms with van der Waals surface area (Å²) in [6, 6.07) is 3.52. The minimum atomic E-state index is -0.858. The molecule has 1 N–H and O–H groups in total. The number of nitrogens with zero attached hydrogens (tertiary/aromatic N) is 2. The smallest absolute Gasteiger partial charge is 0.345 e. The van der Waals surface area contributed by atoms with Crippen molar-refractivity contribution in [3.63, 3.8) is 0 Å². The van der Waals surface area contributed by atoms with Crippen LogP contribution in [0.3, 0.4) is 0 Å². The molecule has 0 aliphatic heterocycles. The molecule has 2 aromatic heterocycles. The minimum Gasteiger partial charge on any atom is -0.477 e. The highest BCUT2D eigenvalue weighted by molar-refractivity contribution is 7.13. The topological polar surface area (TPSA) is 53.4 Å². The molecule has 0 aliphatic rings. The van der Waals surface area contributed by atoms with Crippen LogP contribution in [0, 0.1) is 0 Å². The quantitative estimate of drug-likeness (QED) is 0.905. The van der Waals surface area contributed by atoms with Crippen LogP contribution in [-0.4, -0.2) is 28.0 Å². The van der Waals surface area contributed by atoms with Gasteiger partial charge in [0.15, 0.2) is 0 Å². The first-order valence-corrected chi connectivity index (χ1v) is 6.78. The van der Waals surface area contributed by atoms with Gasteiger partial charge >= 0.3 is 5.97 Å². The lowest BCUT2D eigenvalue weighted by molar-refractivity contribution is 0.0702. The predicted octanol–water partition coefficient (Wildman–Crippen LogP) is 2.53. The number of carboxylic acids is 1. The van der Waals surface area contributed by atoms with Crippen molar-refractivity contribution >= 4 is 28.6 Å². The first kappa shape index (κ1) is 12.2. The number of carbonyl (C=O) groups is 1. The van der Waals surface area contributed by atoms with Crippen molar-refractivity contribution in [3.05, 3.63) is 38.5 Å². The average Bonchev–Trinajstić information content (AvgIpc) is 2.88. The van der Waals surface area contributed by atoms with Crippen molar-refractivity contribution in [1.82, 2.24) is 9.88 Å². The van der Waals surface area contributed by atoms with E-state index < -0.39 is 5.97 Å². The number of rotatable bonds is 5. The molecule has 0 aliphatic carbocycles. The average molecular weight is 268 g/mol. The van der Waals surface area contributed by atoms with Crippen molar-refractivity contribution in [1.29, 1.82) is 0 Å². The van der Waals surface area contributed by atoms with E-state index in [9.17, 15) is 4.79 Å². The molecule has 2 rings (SSSR count). The summed E-state index contributed by atoms with van der Waals surface area (Å²) in [5.74, 6) is -0.858. The molecule has 0 spiro atoms. The van der Waals surface area contributed by atoms with Crippen molar-refractivity contribution < 1.29 is 9.90 Å². The number of aromatic carboxylic acids is 1. The zero-order valence-corrected chi connectivity index (χ0v) is 10.9. The SMILES string of the molecule is CN(Cc1cscn1)Cc1ccc(C(=O)O)s1. The van der Waals surface area contributed by atoms with Gasteiger partial charge in [0.25, 0.3) is 0 Å². The van der Waals surface area contributed by atoms with Crippen molar-refractivity contribution in [2.24, 2.45) is 0 Å². The Morgan fingerprint density at radius 2 is 2.29 bits per heavy atom. The fraction of sp³-hybridized carbons (Fsp3) is 0.273. The Labute approximate surface area is 107 Å². The van der Waals surface area contributed by atoms with Crippen LogP contribution in [0.2, 0.25) is 0 Å². The molecule has 4 nitrogen and oxygen atoms in total. The molecule has 0 atom stereocenters. The van der Waals surface area contributed by atoms with E-state index >= 15 is 0 Å². The zero-order valence-electron chi connectivity index (χ0n) is 9.29. The van der Waals surface area contributed by atoms with E-state index in [4.69, 9.17) is 5.11 Å². The molecule has 0 bridgehead atoms. The van der Waals surface area contributed by atoms with Gasteiger partial charge in [0.1, 0.15) is 4.88 Å². The molecule has 90 valence electrons. The molecule has 0 radical (unpaired) electrons. The first-order chi connectivity index (χ1) is 8.15. The van der Waals surface area contributed by atoms with E-state index in [1.54, 1.807) is 17.4 Å². The van der Waals surface area contributed by atoms with Gasteiger partial charge in [-0.2, -0.15) is 0 Å². The van der Waals surface area contributed by atoms with Crippen molar-refractivity contribution in [3.8, 4) is 0 Å². The Balaban J connectivity index is 1.93. The maximum absolute atomic E-state index is 10.7. The molecular formula is C11H12N2O2S2. The Kier molecular flexibility index (Phi) is 3.88. The fourth-order valence-corrected chi connectivity index (χ4v) is 2.97. The second kappa shape index (κ2) is 5.39. The molecule has 0 unspecified atom stereocenters. The molecule has 0 saturated heterocycles. The first-order valence-electron chi connectivity index (χ1n) is 5.03. The van der Waals surface area contributed by atoms with Crippen LogP contribution in [-0.2, 0) is 13.1 Å². The number of hydrogen-bond acceptors (Lipinski definition) is 5. The van der Waals surface area contributed by atoms with Crippen LogP contribution in [0.1, 0.15) is 20.2 Å². The summed E-state index contributed by atoms with van der Waals surface area (Å²) in [7, 11) is 2.00. The minimum absolute atomic E-state index is 0.391. The highest BCUT2D eigenvalue weighted by atomic mass is 32.1. The molecule has 0 saturated carbocycles. The highest BCUT2D eigenvalue weighted by Crippen LogP contribution is 2.18. The van der Waals surface area contributed by atoms with Crippen LogP contribution in [0.25, 0.3) is 0 Å². The van der Waals surface area contributed by atoms with Gasteiger partial charge in [0, 0.05) is 23.3 Å². The summed E-state index contributed by atoms with van der Waals surface area (Å²) in [6.07, 6.45) is 0. The number of thiazole rings is 1. The summed E-state index contributed by atoms with van der Waals surface area (Å²) >= 11 is 2.91. The van der Waals surface area contributed by atoms with Gasteiger partial charge in [0.05, 0.1) is 11.2 Å². The van der Waals surface area contributed by atoms with Gasteiger partial charge in [0.2, 0.25) is 0 Å². The third-order valence-corrected chi connectivity index (χ3v) is 3.91. The molecule has 0 aromatic carbocycles. The summed E-state index contributed by atoms with van der Waals surface area (Å²) < 4.78 is 0. The summed E-state index contributed by atoms with van der Waals surface area (Å²) in [6.45, 7) is 1.53. The van der Waals surface area contributed by atoms with Crippen LogP contribution in [0.5, 0.6) is 0 Å². The molecular weight excluding hydrogens is 256 g/mol. The van der Waals surface area contributed by atoms with Gasteiger partial charge in [-0.25, -0.2) is 9.78 Å². The monoisotopic (exact) mass is 268 g/mol. The maximum Gasteiger partial charge on any atom is 0.345 e. The molecule has 2 aromatic rings. The summed E-state index contributed by atoms with van der Waals surface area (Å²) in [5.41, 5.74) is 2.86. The number of aromatic nitrogens is 1. The number of thiophene rings is 1. The Hall–Kier alpha value is -1.24. The lowest BCUT2D eigenvalue weighted by Gasteiger charge is -2.13. The Morgan fingerprint density at radius 1 is 1.47 bits per heavy atom. The van der Waals surface area contributed by atoms with Crippen molar-refractivity contribution in [2.45, 2.75) is 13.1 Å². The normalized spacial score (nSPS) is 10.9. The molecule has 2 heterocycles. The van der Waals surface area contributed by atoms with E-state index in [2.05, 4.69) is 9.88 Å². The summed E-state index contributed by atoms with van der Waals surface area (Å²) in [5, 5.41) is 10.8. The largest absolute Gasteiger partial charge is 0.477 e. The van der Waals surface area contributed by atoms with Gasteiger partial charge in [-0.05, 0) is 19.2 Å². The Morgan fingerprint density at radius 3 is 2.88 bits per heavy atom. The van der Waals surface area contributed by atoms with Crippen LogP contribution < -0.4 is 0 Å². The molecule has 17 heavy (non-hydrogen) atoms. The van der Waals surface area contributed by atoms with Gasteiger partial charge in [-0.3, -0.25) is 4.90 Å². The highest BCUT2D eigenvalue weighted by Gasteiger charge is 2.09. The summed E-state index contributed by atoms with van der Waals surface area (Å²) in [4.78, 5) is 18.5. The van der Waals surface area contributed by atoms with E-state index in [-0.39, 0.29) is 0 Å². The van der Waals surface area contributed by atoms with Crippen molar-refractivity contribution in [2.75, 3.05) is 7.05 Å². The van der Waals surface area contributed by atoms with Gasteiger partial charge in [-0.15, -0.1) is 22.7 Å². The second-order valence-electron chi connectivity index (χ2n) is 3.72. The third-order valence-electron chi connectivity index (χ3n) is 2.21. The maximum atomic E-state index is 10.7. The molecule has 0 amide bonds. The van der Waals surface area contributed by atoms with Crippen LogP contribution in [0.4, 0.5) is 0 Å². The second-order valence-corrected chi connectivity index (χ2v) is 5.61. The fourth-order valence-electron chi connectivity index (χ4n) is 1.49. The van der Waals surface area contributed by atoms with E-state index in [1.807, 2.05) is 24.0 Å². The lowest BCUT2D eigenvalue weighted by Crippen LogP contribution is -2.16. The van der Waals surface area contributed by atoms with Crippen LogP contribution >= 0.6 is 22.7 Å². The van der Waals surface area contributed by atoms with Crippen LogP contribution in [0.15, 0.2) is 23.0 Å². The van der Waals surface area contributed by atoms with E-state index in [0.717, 1.165) is 23.7 Å². The number of hydrogen-bond donors (Lipinski definition) is 1. The molecule has 0 fully saturated rings. The lowest BCUT2D eigenvalue weighted by atomic mass is 10.4. The third kappa shape index (κ3) is 3.36. The molecule has 6 heteroatoms. The predicted molar refractivity (Wildman–Crippen MR) is 68.6 cm³/mol. The van der Waals surface area contributed by atoms with Gasteiger partial charge < -0.3 is 5.11 Å². The zero-order chi connectivity index (χ0) is 12.3. The standard InChI is InChI=1S/C11H12N2O2S2/c1-13(4-8-6-16-7-12-8)5-9-2-3-10(17-9)11(14)15/h2-3,6-7H,4-5H2,1H3,(H,14,15). The van der Waals surface area contributed by atoms with E-state index in [1.165, 1.54) is 11.3 Å². The Bertz CT molecular complexity index is 493. The van der Waals surface area contributed by atoms with E-state index in [0.29, 0.717) is 4.88 Å². The van der Waals surface area contributed by atoms with Gasteiger partial charge in [-0.1, -0.05) is 0 Å². The number of carboxylic acid groups (broad SMARTS) is 1.